The van der Waals surface area contributed by atoms with E-state index in [1.807, 2.05) is 19.9 Å². The summed E-state index contributed by atoms with van der Waals surface area (Å²) in [5.41, 5.74) is 2.16. The van der Waals surface area contributed by atoms with E-state index in [2.05, 4.69) is 0 Å². The summed E-state index contributed by atoms with van der Waals surface area (Å²) >= 11 is 0. The molecule has 0 saturated heterocycles. The predicted molar refractivity (Wildman–Crippen MR) is 88.0 cm³/mol. The van der Waals surface area contributed by atoms with E-state index in [0.717, 1.165) is 23.4 Å². The number of sulfone groups is 1. The van der Waals surface area contributed by atoms with E-state index in [4.69, 9.17) is 4.18 Å². The quantitative estimate of drug-likeness (QED) is 0.789. The monoisotopic (exact) mass is 354 g/mol. The van der Waals surface area contributed by atoms with Crippen LogP contribution < -0.4 is 4.18 Å². The van der Waals surface area contributed by atoms with Crippen molar-refractivity contribution in [3.05, 3.63) is 53.1 Å². The van der Waals surface area contributed by atoms with E-state index < -0.39 is 20.0 Å². The first-order valence-corrected chi connectivity index (χ1v) is 10.1. The summed E-state index contributed by atoms with van der Waals surface area (Å²) in [5.74, 6) is 0.201. The summed E-state index contributed by atoms with van der Waals surface area (Å²) in [4.78, 5) is -0.217. The second-order valence-corrected chi connectivity index (χ2v) is 9.09. The van der Waals surface area contributed by atoms with Crippen molar-refractivity contribution < 1.29 is 21.0 Å². The lowest BCUT2D eigenvalue weighted by Crippen LogP contribution is -2.12. The maximum Gasteiger partial charge on any atom is 0.339 e. The van der Waals surface area contributed by atoms with Gasteiger partial charge in [0.05, 0.1) is 4.90 Å². The summed E-state index contributed by atoms with van der Waals surface area (Å²) in [5, 5.41) is 0. The highest BCUT2D eigenvalue weighted by molar-refractivity contribution is 7.90. The van der Waals surface area contributed by atoms with E-state index in [-0.39, 0.29) is 15.5 Å². The van der Waals surface area contributed by atoms with Crippen LogP contribution in [-0.2, 0) is 20.0 Å². The van der Waals surface area contributed by atoms with E-state index in [9.17, 15) is 16.8 Å². The molecule has 0 saturated carbocycles. The normalized spacial score (nSPS) is 12.2. The third-order valence-corrected chi connectivity index (χ3v) is 5.76. The van der Waals surface area contributed by atoms with Gasteiger partial charge < -0.3 is 4.18 Å². The first kappa shape index (κ1) is 17.5. The summed E-state index contributed by atoms with van der Waals surface area (Å²) in [6, 6.07) is 9.08. The molecule has 124 valence electrons. The van der Waals surface area contributed by atoms with Crippen LogP contribution in [0.4, 0.5) is 0 Å². The molecule has 0 aromatic heterocycles. The van der Waals surface area contributed by atoms with Gasteiger partial charge in [-0.2, -0.15) is 8.42 Å². The number of rotatable bonds is 4. The molecule has 0 atom stereocenters. The molecule has 0 heterocycles. The molecule has 0 N–H and O–H groups in total. The van der Waals surface area contributed by atoms with Gasteiger partial charge >= 0.3 is 10.1 Å². The Morgan fingerprint density at radius 3 is 1.91 bits per heavy atom. The van der Waals surface area contributed by atoms with Gasteiger partial charge in [-0.15, -0.1) is 0 Å². The molecule has 0 aliphatic rings. The van der Waals surface area contributed by atoms with Gasteiger partial charge in [0.2, 0.25) is 0 Å². The van der Waals surface area contributed by atoms with Crippen molar-refractivity contribution in [2.75, 3.05) is 6.26 Å². The zero-order valence-corrected chi connectivity index (χ0v) is 15.0. The van der Waals surface area contributed by atoms with Gasteiger partial charge in [0, 0.05) is 6.26 Å². The minimum absolute atomic E-state index is 0.0642. The molecule has 0 bridgehead atoms. The Bertz CT molecular complexity index is 938. The predicted octanol–water partition coefficient (Wildman–Crippen LogP) is 2.78. The molecule has 0 unspecified atom stereocenters. The zero-order chi connectivity index (χ0) is 17.4. The minimum atomic E-state index is -4.12. The molecule has 5 nitrogen and oxygen atoms in total. The molecule has 0 amide bonds. The van der Waals surface area contributed by atoms with Crippen LogP contribution in [0.25, 0.3) is 0 Å². The lowest BCUT2D eigenvalue weighted by molar-refractivity contribution is 0.485. The fraction of sp³-hybridized carbons (Fsp3) is 0.250. The van der Waals surface area contributed by atoms with Gasteiger partial charge in [-0.25, -0.2) is 8.42 Å². The van der Waals surface area contributed by atoms with Crippen molar-refractivity contribution >= 4 is 20.0 Å². The lowest BCUT2D eigenvalue weighted by atomic mass is 10.1. The van der Waals surface area contributed by atoms with E-state index in [1.54, 1.807) is 19.1 Å². The standard InChI is InChI=1S/C16H18O5S2/c1-11-7-12(2)9-14(8-11)21-23(19,20)16-10-15(22(4,17)18)6-5-13(16)3/h5-10H,1-4H3. The second kappa shape index (κ2) is 5.98. The lowest BCUT2D eigenvalue weighted by Gasteiger charge is -2.11. The number of hydrogen-bond donors (Lipinski definition) is 0. The van der Waals surface area contributed by atoms with Crippen molar-refractivity contribution in [2.24, 2.45) is 0 Å². The van der Waals surface area contributed by atoms with Crippen LogP contribution >= 0.6 is 0 Å². The smallest absolute Gasteiger partial charge is 0.339 e. The molecule has 2 aromatic rings. The van der Waals surface area contributed by atoms with E-state index in [0.29, 0.717) is 5.56 Å². The Balaban J connectivity index is 2.51. The van der Waals surface area contributed by atoms with Crippen LogP contribution in [0.1, 0.15) is 16.7 Å². The SMILES string of the molecule is Cc1cc(C)cc(OS(=O)(=O)c2cc(S(C)(=O)=O)ccc2C)c1. The van der Waals surface area contributed by atoms with Crippen LogP contribution in [0.15, 0.2) is 46.2 Å². The van der Waals surface area contributed by atoms with Crippen LogP contribution in [0.5, 0.6) is 5.75 Å². The largest absolute Gasteiger partial charge is 0.379 e. The van der Waals surface area contributed by atoms with Gasteiger partial charge in [-0.1, -0.05) is 12.1 Å². The Hall–Kier alpha value is -1.86. The highest BCUT2D eigenvalue weighted by Gasteiger charge is 2.22. The van der Waals surface area contributed by atoms with Gasteiger partial charge in [0.1, 0.15) is 10.6 Å². The van der Waals surface area contributed by atoms with Crippen molar-refractivity contribution in [3.8, 4) is 5.75 Å². The van der Waals surface area contributed by atoms with Crippen molar-refractivity contribution in [1.29, 1.82) is 0 Å². The molecule has 2 rings (SSSR count). The molecule has 23 heavy (non-hydrogen) atoms. The zero-order valence-electron chi connectivity index (χ0n) is 13.3. The molecular formula is C16H18O5S2. The molecule has 2 aromatic carbocycles. The average molecular weight is 354 g/mol. The molecule has 0 aliphatic carbocycles. The highest BCUT2D eigenvalue weighted by atomic mass is 32.2. The Morgan fingerprint density at radius 1 is 0.826 bits per heavy atom. The van der Waals surface area contributed by atoms with Gasteiger partial charge in [0.15, 0.2) is 9.84 Å². The van der Waals surface area contributed by atoms with Gasteiger partial charge in [-0.05, 0) is 61.7 Å². The third-order valence-electron chi connectivity index (χ3n) is 3.26. The second-order valence-electron chi connectivity index (χ2n) is 5.56. The Kier molecular flexibility index (Phi) is 4.54. The molecule has 7 heteroatoms. The summed E-state index contributed by atoms with van der Waals surface area (Å²) < 4.78 is 53.5. The molecule has 0 radical (unpaired) electrons. The number of benzene rings is 2. The molecular weight excluding hydrogens is 336 g/mol. The maximum atomic E-state index is 12.5. The summed E-state index contributed by atoms with van der Waals surface area (Å²) in [6.45, 7) is 5.26. The minimum Gasteiger partial charge on any atom is -0.379 e. The van der Waals surface area contributed by atoms with Crippen molar-refractivity contribution in [3.63, 3.8) is 0 Å². The fourth-order valence-corrected chi connectivity index (χ4v) is 4.13. The van der Waals surface area contributed by atoms with Crippen molar-refractivity contribution in [2.45, 2.75) is 30.6 Å². The molecule has 0 spiro atoms. The van der Waals surface area contributed by atoms with Crippen LogP contribution in [0.2, 0.25) is 0 Å². The van der Waals surface area contributed by atoms with Crippen LogP contribution in [-0.4, -0.2) is 23.1 Å². The van der Waals surface area contributed by atoms with Crippen LogP contribution in [0, 0.1) is 20.8 Å². The maximum absolute atomic E-state index is 12.5. The molecule has 0 aliphatic heterocycles. The van der Waals surface area contributed by atoms with Gasteiger partial charge in [0.25, 0.3) is 0 Å². The average Bonchev–Trinajstić information content (AvgIpc) is 2.35. The Morgan fingerprint density at radius 2 is 1.39 bits per heavy atom. The topological polar surface area (TPSA) is 77.5 Å². The van der Waals surface area contributed by atoms with Crippen LogP contribution in [0.3, 0.4) is 0 Å². The summed E-state index contributed by atoms with van der Waals surface area (Å²) in [6.07, 6.45) is 1.03. The first-order valence-electron chi connectivity index (χ1n) is 6.82. The summed E-state index contributed by atoms with van der Waals surface area (Å²) in [7, 11) is -7.63. The Labute approximate surface area is 137 Å². The highest BCUT2D eigenvalue weighted by Crippen LogP contribution is 2.25. The van der Waals surface area contributed by atoms with E-state index in [1.165, 1.54) is 12.1 Å². The number of aryl methyl sites for hydroxylation is 3. The molecule has 0 fully saturated rings. The van der Waals surface area contributed by atoms with Crippen molar-refractivity contribution in [1.82, 2.24) is 0 Å². The van der Waals surface area contributed by atoms with Gasteiger partial charge in [-0.3, -0.25) is 0 Å². The van der Waals surface area contributed by atoms with E-state index >= 15 is 0 Å². The third kappa shape index (κ3) is 4.11. The number of hydrogen-bond acceptors (Lipinski definition) is 5. The first-order chi connectivity index (χ1) is 10.5. The fourth-order valence-electron chi connectivity index (χ4n) is 2.23.